The number of carbonyl (C=O) groups excluding carboxylic acids is 1. The van der Waals surface area contributed by atoms with Gasteiger partial charge in [0.1, 0.15) is 5.75 Å². The van der Waals surface area contributed by atoms with Crippen LogP contribution in [0.2, 0.25) is 0 Å². The number of benzene rings is 1. The van der Waals surface area contributed by atoms with E-state index in [2.05, 4.69) is 27.6 Å². The molecule has 2 aromatic rings. The molecule has 1 aromatic heterocycles. The number of primary amides is 1. The van der Waals surface area contributed by atoms with Crippen LogP contribution < -0.4 is 10.5 Å². The van der Waals surface area contributed by atoms with Gasteiger partial charge < -0.3 is 10.5 Å². The predicted octanol–water partition coefficient (Wildman–Crippen LogP) is 1.95. The van der Waals surface area contributed by atoms with Gasteiger partial charge in [0.25, 0.3) is 5.91 Å². The molecule has 1 heterocycles. The highest BCUT2D eigenvalue weighted by molar-refractivity contribution is 14.1. The topological polar surface area (TPSA) is 65.2 Å². The second-order valence-corrected chi connectivity index (χ2v) is 4.39. The first-order valence-corrected chi connectivity index (χ1v) is 5.63. The van der Waals surface area contributed by atoms with Crippen molar-refractivity contribution in [2.75, 3.05) is 7.11 Å². The Morgan fingerprint density at radius 2 is 2.25 bits per heavy atom. The van der Waals surface area contributed by atoms with Crippen LogP contribution in [0, 0.1) is 3.57 Å². The van der Waals surface area contributed by atoms with Gasteiger partial charge in [0.05, 0.1) is 18.2 Å². The van der Waals surface area contributed by atoms with Crippen LogP contribution in [0.1, 0.15) is 10.4 Å². The normalized spacial score (nSPS) is 10.4. The van der Waals surface area contributed by atoms with E-state index >= 15 is 0 Å². The van der Waals surface area contributed by atoms with E-state index in [-0.39, 0.29) is 0 Å². The van der Waals surface area contributed by atoms with Crippen LogP contribution in [0.25, 0.3) is 10.9 Å². The lowest BCUT2D eigenvalue weighted by Gasteiger charge is -2.08. The van der Waals surface area contributed by atoms with Crippen molar-refractivity contribution in [2.45, 2.75) is 0 Å². The maximum Gasteiger partial charge on any atom is 0.252 e. The second kappa shape index (κ2) is 4.25. The Bertz CT molecular complexity index is 569. The molecule has 1 aromatic carbocycles. The van der Waals surface area contributed by atoms with Gasteiger partial charge in [-0.3, -0.25) is 9.78 Å². The Balaban J connectivity index is 2.81. The molecular weight excluding hydrogens is 319 g/mol. The summed E-state index contributed by atoms with van der Waals surface area (Å²) in [5.41, 5.74) is 6.45. The van der Waals surface area contributed by atoms with Crippen molar-refractivity contribution < 1.29 is 9.53 Å². The van der Waals surface area contributed by atoms with Crippen LogP contribution in [0.4, 0.5) is 0 Å². The van der Waals surface area contributed by atoms with E-state index in [4.69, 9.17) is 10.5 Å². The summed E-state index contributed by atoms with van der Waals surface area (Å²) in [6.45, 7) is 0. The molecule has 82 valence electrons. The zero-order valence-electron chi connectivity index (χ0n) is 8.53. The van der Waals surface area contributed by atoms with Gasteiger partial charge in [0, 0.05) is 21.2 Å². The molecule has 0 unspecified atom stereocenters. The molecule has 0 saturated heterocycles. The SMILES string of the molecule is COc1cc2nccc(I)c2cc1C(N)=O. The van der Waals surface area contributed by atoms with E-state index in [1.54, 1.807) is 18.3 Å². The molecule has 2 rings (SSSR count). The molecule has 0 aliphatic carbocycles. The molecule has 0 spiro atoms. The minimum atomic E-state index is -0.501. The third kappa shape index (κ3) is 1.82. The van der Waals surface area contributed by atoms with Crippen LogP contribution in [0.3, 0.4) is 0 Å². The third-order valence-corrected chi connectivity index (χ3v) is 3.22. The van der Waals surface area contributed by atoms with Crippen molar-refractivity contribution in [1.29, 1.82) is 0 Å². The molecule has 0 bridgehead atoms. The average Bonchev–Trinajstić information content (AvgIpc) is 2.27. The summed E-state index contributed by atoms with van der Waals surface area (Å²) >= 11 is 2.19. The zero-order chi connectivity index (χ0) is 11.7. The van der Waals surface area contributed by atoms with Gasteiger partial charge in [0.15, 0.2) is 0 Å². The van der Waals surface area contributed by atoms with Crippen LogP contribution in [0.5, 0.6) is 5.75 Å². The lowest BCUT2D eigenvalue weighted by atomic mass is 10.1. The number of amides is 1. The van der Waals surface area contributed by atoms with E-state index < -0.39 is 5.91 Å². The molecule has 0 aliphatic rings. The minimum absolute atomic E-state index is 0.376. The highest BCUT2D eigenvalue weighted by Crippen LogP contribution is 2.27. The van der Waals surface area contributed by atoms with Gasteiger partial charge in [0.2, 0.25) is 0 Å². The molecular formula is C11H9IN2O2. The number of nitrogens with zero attached hydrogens (tertiary/aromatic N) is 1. The molecule has 4 nitrogen and oxygen atoms in total. The third-order valence-electron chi connectivity index (χ3n) is 2.28. The first-order chi connectivity index (χ1) is 7.63. The van der Waals surface area contributed by atoms with Gasteiger partial charge >= 0.3 is 0 Å². The molecule has 0 fully saturated rings. The number of halogens is 1. The van der Waals surface area contributed by atoms with E-state index in [1.807, 2.05) is 6.07 Å². The molecule has 16 heavy (non-hydrogen) atoms. The van der Waals surface area contributed by atoms with Crippen molar-refractivity contribution in [1.82, 2.24) is 4.98 Å². The maximum atomic E-state index is 11.3. The van der Waals surface area contributed by atoms with Crippen molar-refractivity contribution in [3.63, 3.8) is 0 Å². The van der Waals surface area contributed by atoms with Crippen LogP contribution in [0.15, 0.2) is 24.4 Å². The highest BCUT2D eigenvalue weighted by atomic mass is 127. The molecule has 5 heteroatoms. The lowest BCUT2D eigenvalue weighted by molar-refractivity contribution is 0.0997. The number of rotatable bonds is 2. The Morgan fingerprint density at radius 3 is 2.88 bits per heavy atom. The van der Waals surface area contributed by atoms with Crippen molar-refractivity contribution >= 4 is 39.4 Å². The van der Waals surface area contributed by atoms with Gasteiger partial charge in [-0.15, -0.1) is 0 Å². The molecule has 0 radical (unpaired) electrons. The van der Waals surface area contributed by atoms with Crippen molar-refractivity contribution in [3.8, 4) is 5.75 Å². The summed E-state index contributed by atoms with van der Waals surface area (Å²) in [5, 5.41) is 0.901. The monoisotopic (exact) mass is 328 g/mol. The van der Waals surface area contributed by atoms with Gasteiger partial charge in [-0.2, -0.15) is 0 Å². The molecule has 0 saturated carbocycles. The Kier molecular flexibility index (Phi) is 2.95. The number of aromatic nitrogens is 1. The summed E-state index contributed by atoms with van der Waals surface area (Å²) in [7, 11) is 1.50. The number of hydrogen-bond acceptors (Lipinski definition) is 3. The molecule has 2 N–H and O–H groups in total. The Morgan fingerprint density at radius 1 is 1.50 bits per heavy atom. The van der Waals surface area contributed by atoms with E-state index in [9.17, 15) is 4.79 Å². The fourth-order valence-corrected chi connectivity index (χ4v) is 2.09. The predicted molar refractivity (Wildman–Crippen MR) is 69.5 cm³/mol. The number of methoxy groups -OCH3 is 1. The fraction of sp³-hybridized carbons (Fsp3) is 0.0909. The highest BCUT2D eigenvalue weighted by Gasteiger charge is 2.12. The van der Waals surface area contributed by atoms with Gasteiger partial charge in [-0.05, 0) is 34.7 Å². The van der Waals surface area contributed by atoms with Crippen LogP contribution in [-0.2, 0) is 0 Å². The number of pyridine rings is 1. The number of nitrogens with two attached hydrogens (primary N) is 1. The first-order valence-electron chi connectivity index (χ1n) is 4.55. The van der Waals surface area contributed by atoms with E-state index in [1.165, 1.54) is 7.11 Å². The summed E-state index contributed by atoms with van der Waals surface area (Å²) in [6.07, 6.45) is 1.72. The van der Waals surface area contributed by atoms with E-state index in [0.29, 0.717) is 11.3 Å². The average molecular weight is 328 g/mol. The summed E-state index contributed by atoms with van der Waals surface area (Å²) in [6, 6.07) is 5.31. The largest absolute Gasteiger partial charge is 0.496 e. The molecule has 0 atom stereocenters. The lowest BCUT2D eigenvalue weighted by Crippen LogP contribution is -2.12. The summed E-state index contributed by atoms with van der Waals surface area (Å²) in [5.74, 6) is -0.0482. The fourth-order valence-electron chi connectivity index (χ4n) is 1.50. The van der Waals surface area contributed by atoms with Crippen molar-refractivity contribution in [3.05, 3.63) is 33.5 Å². The smallest absolute Gasteiger partial charge is 0.252 e. The Hall–Kier alpha value is -1.37. The van der Waals surface area contributed by atoms with Crippen molar-refractivity contribution in [2.24, 2.45) is 5.73 Å². The number of hydrogen-bond donors (Lipinski definition) is 1. The quantitative estimate of drug-likeness (QED) is 0.857. The summed E-state index contributed by atoms with van der Waals surface area (Å²) in [4.78, 5) is 15.5. The van der Waals surface area contributed by atoms with Crippen LogP contribution in [-0.4, -0.2) is 18.0 Å². The Labute approximate surface area is 106 Å². The van der Waals surface area contributed by atoms with Crippen LogP contribution >= 0.6 is 22.6 Å². The maximum absolute atomic E-state index is 11.3. The van der Waals surface area contributed by atoms with Gasteiger partial charge in [-0.1, -0.05) is 0 Å². The zero-order valence-corrected chi connectivity index (χ0v) is 10.7. The number of ether oxygens (including phenoxy) is 1. The summed E-state index contributed by atoms with van der Waals surface area (Å²) < 4.78 is 6.13. The molecule has 1 amide bonds. The first kappa shape index (κ1) is 11.1. The molecule has 0 aliphatic heterocycles. The van der Waals surface area contributed by atoms with E-state index in [0.717, 1.165) is 14.5 Å². The number of carbonyl (C=O) groups is 1. The minimum Gasteiger partial charge on any atom is -0.496 e. The standard InChI is InChI=1S/C11H9IN2O2/c1-16-10-5-9-6(4-7(10)11(13)15)8(12)2-3-14-9/h2-5H,1H3,(H2,13,15). The number of fused-ring (bicyclic) bond motifs is 1. The second-order valence-electron chi connectivity index (χ2n) is 3.23. The van der Waals surface area contributed by atoms with Gasteiger partial charge in [-0.25, -0.2) is 0 Å².